The topological polar surface area (TPSA) is 37.0 Å². The number of rotatable bonds is 5. The van der Waals surface area contributed by atoms with Gasteiger partial charge in [0.25, 0.3) is 0 Å². The summed E-state index contributed by atoms with van der Waals surface area (Å²) in [5.74, 6) is 0.805. The van der Waals surface area contributed by atoms with E-state index in [-0.39, 0.29) is 5.41 Å². The fraction of sp³-hybridized carbons (Fsp3) is 0.643. The van der Waals surface area contributed by atoms with Gasteiger partial charge in [-0.25, -0.2) is 0 Å². The highest BCUT2D eigenvalue weighted by Crippen LogP contribution is 2.21. The molecule has 1 fully saturated rings. The fourth-order valence-electron chi connectivity index (χ4n) is 2.34. The lowest BCUT2D eigenvalue weighted by molar-refractivity contribution is 0.430. The van der Waals surface area contributed by atoms with E-state index in [1.54, 1.807) is 0 Å². The van der Waals surface area contributed by atoms with Gasteiger partial charge in [0.1, 0.15) is 0 Å². The summed E-state index contributed by atoms with van der Waals surface area (Å²) < 4.78 is 0. The van der Waals surface area contributed by atoms with E-state index in [1.807, 2.05) is 18.5 Å². The van der Waals surface area contributed by atoms with Gasteiger partial charge in [-0.2, -0.15) is 0 Å². The van der Waals surface area contributed by atoms with Crippen molar-refractivity contribution in [1.29, 1.82) is 0 Å². The zero-order chi connectivity index (χ0) is 12.1. The third kappa shape index (κ3) is 3.51. The first-order chi connectivity index (χ1) is 8.18. The molecule has 0 amide bonds. The van der Waals surface area contributed by atoms with E-state index in [0.717, 1.165) is 19.0 Å². The molecule has 1 aliphatic heterocycles. The number of aromatic nitrogens is 1. The number of hydrogen-bond donors (Lipinski definition) is 2. The molecule has 0 radical (unpaired) electrons. The Morgan fingerprint density at radius 3 is 3.06 bits per heavy atom. The average Bonchev–Trinajstić information content (AvgIpc) is 2.83. The van der Waals surface area contributed by atoms with Crippen LogP contribution in [0, 0.1) is 5.92 Å². The largest absolute Gasteiger partial charge is 0.316 e. The minimum Gasteiger partial charge on any atom is -0.316 e. The molecule has 1 atom stereocenters. The minimum atomic E-state index is 0.153. The highest BCUT2D eigenvalue weighted by Gasteiger charge is 2.21. The standard InChI is InChI=1S/C14H23N3/c1-14(2,13-4-3-6-15-10-13)11-17-9-12-5-7-16-8-12/h3-4,6,10,12,16-17H,5,7-9,11H2,1-2H3. The second-order valence-corrected chi connectivity index (χ2v) is 5.62. The Labute approximate surface area is 104 Å². The van der Waals surface area contributed by atoms with Crippen LogP contribution in [0.25, 0.3) is 0 Å². The second-order valence-electron chi connectivity index (χ2n) is 5.62. The van der Waals surface area contributed by atoms with Gasteiger partial charge in [0.2, 0.25) is 0 Å². The van der Waals surface area contributed by atoms with Crippen molar-refractivity contribution in [2.24, 2.45) is 5.92 Å². The van der Waals surface area contributed by atoms with Crippen molar-refractivity contribution < 1.29 is 0 Å². The molecule has 1 saturated heterocycles. The van der Waals surface area contributed by atoms with Crippen molar-refractivity contribution in [1.82, 2.24) is 15.6 Å². The number of nitrogens with zero attached hydrogens (tertiary/aromatic N) is 1. The summed E-state index contributed by atoms with van der Waals surface area (Å²) in [6.45, 7) is 9.01. The third-order valence-electron chi connectivity index (χ3n) is 3.61. The van der Waals surface area contributed by atoms with Crippen LogP contribution < -0.4 is 10.6 Å². The number of nitrogens with one attached hydrogen (secondary N) is 2. The van der Waals surface area contributed by atoms with Crippen LogP contribution in [-0.4, -0.2) is 31.2 Å². The Balaban J connectivity index is 1.80. The van der Waals surface area contributed by atoms with Gasteiger partial charge in [0.15, 0.2) is 0 Å². The molecule has 3 nitrogen and oxygen atoms in total. The molecule has 2 N–H and O–H groups in total. The predicted octanol–water partition coefficient (Wildman–Crippen LogP) is 1.56. The molecular weight excluding hydrogens is 210 g/mol. The molecule has 1 unspecified atom stereocenters. The van der Waals surface area contributed by atoms with Gasteiger partial charge >= 0.3 is 0 Å². The van der Waals surface area contributed by atoms with Crippen LogP contribution in [0.15, 0.2) is 24.5 Å². The highest BCUT2D eigenvalue weighted by molar-refractivity contribution is 5.19. The first kappa shape index (κ1) is 12.5. The van der Waals surface area contributed by atoms with Crippen LogP contribution in [0.4, 0.5) is 0 Å². The molecule has 17 heavy (non-hydrogen) atoms. The van der Waals surface area contributed by atoms with Gasteiger partial charge < -0.3 is 10.6 Å². The molecule has 94 valence electrons. The summed E-state index contributed by atoms with van der Waals surface area (Å²) in [5, 5.41) is 7.00. The maximum Gasteiger partial charge on any atom is 0.0305 e. The van der Waals surface area contributed by atoms with Crippen LogP contribution in [0.2, 0.25) is 0 Å². The van der Waals surface area contributed by atoms with Crippen molar-refractivity contribution in [3.63, 3.8) is 0 Å². The molecule has 1 aromatic rings. The Morgan fingerprint density at radius 1 is 1.53 bits per heavy atom. The number of hydrogen-bond acceptors (Lipinski definition) is 3. The maximum absolute atomic E-state index is 4.20. The molecule has 0 bridgehead atoms. The smallest absolute Gasteiger partial charge is 0.0305 e. The van der Waals surface area contributed by atoms with Crippen molar-refractivity contribution in [3.05, 3.63) is 30.1 Å². The molecule has 0 spiro atoms. The van der Waals surface area contributed by atoms with E-state index < -0.39 is 0 Å². The monoisotopic (exact) mass is 233 g/mol. The zero-order valence-corrected chi connectivity index (χ0v) is 10.9. The Bertz CT molecular complexity index is 329. The lowest BCUT2D eigenvalue weighted by atomic mass is 9.85. The van der Waals surface area contributed by atoms with Crippen molar-refractivity contribution in [2.75, 3.05) is 26.2 Å². The summed E-state index contributed by atoms with van der Waals surface area (Å²) in [7, 11) is 0. The molecule has 2 heterocycles. The van der Waals surface area contributed by atoms with Gasteiger partial charge in [-0.1, -0.05) is 19.9 Å². The van der Waals surface area contributed by atoms with Crippen molar-refractivity contribution in [2.45, 2.75) is 25.7 Å². The van der Waals surface area contributed by atoms with Crippen LogP contribution in [0.3, 0.4) is 0 Å². The first-order valence-electron chi connectivity index (χ1n) is 6.50. The van der Waals surface area contributed by atoms with Gasteiger partial charge in [0.05, 0.1) is 0 Å². The zero-order valence-electron chi connectivity index (χ0n) is 10.9. The van der Waals surface area contributed by atoms with E-state index in [0.29, 0.717) is 0 Å². The first-order valence-corrected chi connectivity index (χ1v) is 6.50. The van der Waals surface area contributed by atoms with Crippen molar-refractivity contribution >= 4 is 0 Å². The third-order valence-corrected chi connectivity index (χ3v) is 3.61. The molecule has 1 aliphatic rings. The van der Waals surface area contributed by atoms with E-state index in [2.05, 4.69) is 35.5 Å². The maximum atomic E-state index is 4.20. The quantitative estimate of drug-likeness (QED) is 0.810. The normalized spacial score (nSPS) is 20.7. The van der Waals surface area contributed by atoms with Gasteiger partial charge in [0, 0.05) is 24.4 Å². The Morgan fingerprint density at radius 2 is 2.41 bits per heavy atom. The minimum absolute atomic E-state index is 0.153. The molecule has 0 aliphatic carbocycles. The number of pyridine rings is 1. The van der Waals surface area contributed by atoms with Crippen LogP contribution in [0.5, 0.6) is 0 Å². The summed E-state index contributed by atoms with van der Waals surface area (Å²) in [4.78, 5) is 4.20. The molecule has 3 heteroatoms. The lowest BCUT2D eigenvalue weighted by Crippen LogP contribution is -2.36. The van der Waals surface area contributed by atoms with Gasteiger partial charge in [-0.15, -0.1) is 0 Å². The molecule has 0 aromatic carbocycles. The lowest BCUT2D eigenvalue weighted by Gasteiger charge is -2.26. The summed E-state index contributed by atoms with van der Waals surface area (Å²) >= 11 is 0. The summed E-state index contributed by atoms with van der Waals surface area (Å²) in [6.07, 6.45) is 5.11. The second kappa shape index (κ2) is 5.61. The highest BCUT2D eigenvalue weighted by atomic mass is 14.9. The van der Waals surface area contributed by atoms with Crippen LogP contribution in [0.1, 0.15) is 25.8 Å². The predicted molar refractivity (Wildman–Crippen MR) is 71.1 cm³/mol. The van der Waals surface area contributed by atoms with Gasteiger partial charge in [-0.05, 0) is 43.6 Å². The summed E-state index contributed by atoms with van der Waals surface area (Å²) in [6, 6.07) is 4.17. The molecule has 0 saturated carbocycles. The van der Waals surface area contributed by atoms with Crippen LogP contribution in [-0.2, 0) is 5.41 Å². The summed E-state index contributed by atoms with van der Waals surface area (Å²) in [5.41, 5.74) is 1.46. The average molecular weight is 233 g/mol. The van der Waals surface area contributed by atoms with Crippen molar-refractivity contribution in [3.8, 4) is 0 Å². The van der Waals surface area contributed by atoms with E-state index in [4.69, 9.17) is 0 Å². The van der Waals surface area contributed by atoms with Gasteiger partial charge in [-0.3, -0.25) is 4.98 Å². The molecular formula is C14H23N3. The van der Waals surface area contributed by atoms with E-state index in [9.17, 15) is 0 Å². The fourth-order valence-corrected chi connectivity index (χ4v) is 2.34. The van der Waals surface area contributed by atoms with E-state index >= 15 is 0 Å². The molecule has 2 rings (SSSR count). The SMILES string of the molecule is CC(C)(CNCC1CCNC1)c1cccnc1. The van der Waals surface area contributed by atoms with E-state index in [1.165, 1.54) is 25.1 Å². The molecule has 1 aromatic heterocycles. The van der Waals surface area contributed by atoms with Crippen LogP contribution >= 0.6 is 0 Å². The Hall–Kier alpha value is -0.930. The Kier molecular flexibility index (Phi) is 4.13.